The number of benzene rings is 1. The molecular formula is C17H11FN4O2S3. The molecule has 4 rings (SSSR count). The van der Waals surface area contributed by atoms with E-state index in [1.165, 1.54) is 40.5 Å². The van der Waals surface area contributed by atoms with E-state index in [1.54, 1.807) is 24.3 Å². The second-order valence-corrected chi connectivity index (χ2v) is 8.41. The summed E-state index contributed by atoms with van der Waals surface area (Å²) in [6, 6.07) is 11.9. The Morgan fingerprint density at radius 2 is 2.11 bits per heavy atom. The summed E-state index contributed by atoms with van der Waals surface area (Å²) >= 11 is 4.07. The molecule has 0 radical (unpaired) electrons. The molecule has 0 saturated heterocycles. The maximum atomic E-state index is 13.6. The zero-order chi connectivity index (χ0) is 18.6. The van der Waals surface area contributed by atoms with E-state index in [9.17, 15) is 9.18 Å². The third-order valence-electron chi connectivity index (χ3n) is 3.44. The molecule has 10 heteroatoms. The average Bonchev–Trinajstić information content (AvgIpc) is 3.42. The maximum Gasteiger partial charge on any atom is 0.279 e. The number of carbonyl (C=O) groups is 1. The van der Waals surface area contributed by atoms with Crippen molar-refractivity contribution in [1.82, 2.24) is 15.4 Å². The van der Waals surface area contributed by atoms with Crippen LogP contribution in [0.4, 0.5) is 9.52 Å². The number of thiophene rings is 1. The van der Waals surface area contributed by atoms with Gasteiger partial charge in [0.2, 0.25) is 5.13 Å². The van der Waals surface area contributed by atoms with Crippen LogP contribution in [0.3, 0.4) is 0 Å². The average molecular weight is 419 g/mol. The van der Waals surface area contributed by atoms with Crippen molar-refractivity contribution in [3.8, 4) is 10.6 Å². The van der Waals surface area contributed by atoms with Gasteiger partial charge in [0.25, 0.3) is 5.91 Å². The second-order valence-electron chi connectivity index (χ2n) is 5.26. The molecule has 3 heterocycles. The van der Waals surface area contributed by atoms with Gasteiger partial charge in [-0.3, -0.25) is 10.1 Å². The predicted octanol–water partition coefficient (Wildman–Crippen LogP) is 4.94. The minimum Gasteiger partial charge on any atom is -0.355 e. The number of halogens is 1. The number of anilines is 1. The first-order valence-electron chi connectivity index (χ1n) is 7.71. The number of hydrogen-bond donors (Lipinski definition) is 1. The molecule has 1 aromatic carbocycles. The first-order chi connectivity index (χ1) is 13.2. The topological polar surface area (TPSA) is 80.9 Å². The molecule has 0 fully saturated rings. The molecule has 0 aliphatic rings. The van der Waals surface area contributed by atoms with Gasteiger partial charge in [-0.05, 0) is 23.1 Å². The third-order valence-corrected chi connectivity index (χ3v) is 6.35. The molecule has 3 aromatic heterocycles. The summed E-state index contributed by atoms with van der Waals surface area (Å²) in [7, 11) is 0. The molecule has 1 amide bonds. The quantitative estimate of drug-likeness (QED) is 0.353. The van der Waals surface area contributed by atoms with Gasteiger partial charge in [0.1, 0.15) is 5.82 Å². The van der Waals surface area contributed by atoms with Crippen LogP contribution in [0, 0.1) is 5.82 Å². The van der Waals surface area contributed by atoms with Crippen LogP contribution >= 0.6 is 34.4 Å². The fourth-order valence-corrected chi connectivity index (χ4v) is 4.56. The van der Waals surface area contributed by atoms with Crippen LogP contribution in [0.2, 0.25) is 0 Å². The minimum absolute atomic E-state index is 0.161. The number of aromatic nitrogens is 3. The fourth-order valence-electron chi connectivity index (χ4n) is 2.15. The smallest absolute Gasteiger partial charge is 0.279 e. The van der Waals surface area contributed by atoms with Crippen molar-refractivity contribution in [2.75, 3.05) is 5.32 Å². The zero-order valence-electron chi connectivity index (χ0n) is 13.6. The molecule has 27 heavy (non-hydrogen) atoms. The van der Waals surface area contributed by atoms with E-state index in [4.69, 9.17) is 4.52 Å². The molecule has 0 spiro atoms. The molecule has 1 N–H and O–H groups in total. The van der Waals surface area contributed by atoms with Gasteiger partial charge >= 0.3 is 0 Å². The lowest BCUT2D eigenvalue weighted by atomic mass is 10.2. The molecule has 0 aliphatic carbocycles. The maximum absolute atomic E-state index is 13.6. The summed E-state index contributed by atoms with van der Waals surface area (Å²) in [5, 5.41) is 16.6. The van der Waals surface area contributed by atoms with Crippen LogP contribution in [0.25, 0.3) is 10.6 Å². The first-order valence-corrected chi connectivity index (χ1v) is 10.4. The molecule has 4 aromatic rings. The van der Waals surface area contributed by atoms with Crippen LogP contribution in [-0.2, 0) is 5.75 Å². The fraction of sp³-hybridized carbons (Fsp3) is 0.0588. The van der Waals surface area contributed by atoms with Crippen molar-refractivity contribution in [2.45, 2.75) is 10.1 Å². The molecule has 136 valence electrons. The molecule has 0 saturated carbocycles. The van der Waals surface area contributed by atoms with E-state index in [0.717, 1.165) is 4.88 Å². The van der Waals surface area contributed by atoms with Crippen molar-refractivity contribution in [1.29, 1.82) is 0 Å². The van der Waals surface area contributed by atoms with Crippen LogP contribution in [0.1, 0.15) is 16.1 Å². The Balaban J connectivity index is 1.37. The van der Waals surface area contributed by atoms with Crippen LogP contribution in [-0.4, -0.2) is 21.3 Å². The van der Waals surface area contributed by atoms with E-state index >= 15 is 0 Å². The number of carbonyl (C=O) groups excluding carboxylic acids is 1. The Labute approximate surface area is 165 Å². The van der Waals surface area contributed by atoms with Gasteiger partial charge < -0.3 is 4.52 Å². The van der Waals surface area contributed by atoms with Gasteiger partial charge in [-0.15, -0.1) is 21.5 Å². The van der Waals surface area contributed by atoms with E-state index < -0.39 is 5.91 Å². The molecule has 0 unspecified atom stereocenters. The lowest BCUT2D eigenvalue weighted by Crippen LogP contribution is -2.11. The zero-order valence-corrected chi connectivity index (χ0v) is 16.0. The van der Waals surface area contributed by atoms with Gasteiger partial charge in [-0.1, -0.05) is 52.5 Å². The first kappa shape index (κ1) is 17.8. The summed E-state index contributed by atoms with van der Waals surface area (Å²) in [4.78, 5) is 13.2. The lowest BCUT2D eigenvalue weighted by molar-refractivity contribution is 0.101. The van der Waals surface area contributed by atoms with Crippen molar-refractivity contribution in [2.24, 2.45) is 0 Å². The largest absolute Gasteiger partial charge is 0.355 e. The highest BCUT2D eigenvalue weighted by Gasteiger charge is 2.16. The summed E-state index contributed by atoms with van der Waals surface area (Å²) in [6.07, 6.45) is 0. The van der Waals surface area contributed by atoms with E-state index in [-0.39, 0.29) is 11.5 Å². The molecular weight excluding hydrogens is 407 g/mol. The van der Waals surface area contributed by atoms with E-state index in [0.29, 0.717) is 26.5 Å². The Bertz CT molecular complexity index is 1060. The number of rotatable bonds is 6. The molecule has 0 bridgehead atoms. The highest BCUT2D eigenvalue weighted by Crippen LogP contribution is 2.29. The highest BCUT2D eigenvalue weighted by atomic mass is 32.2. The normalized spacial score (nSPS) is 10.9. The number of hydrogen-bond acceptors (Lipinski definition) is 8. The van der Waals surface area contributed by atoms with Gasteiger partial charge in [-0.25, -0.2) is 4.39 Å². The molecule has 6 nitrogen and oxygen atoms in total. The van der Waals surface area contributed by atoms with E-state index in [2.05, 4.69) is 20.7 Å². The van der Waals surface area contributed by atoms with Crippen LogP contribution in [0.5, 0.6) is 0 Å². The van der Waals surface area contributed by atoms with Crippen molar-refractivity contribution >= 4 is 45.5 Å². The van der Waals surface area contributed by atoms with Gasteiger partial charge in [0, 0.05) is 11.8 Å². The Morgan fingerprint density at radius 1 is 1.22 bits per heavy atom. The van der Waals surface area contributed by atoms with E-state index in [1.807, 2.05) is 17.5 Å². The summed E-state index contributed by atoms with van der Waals surface area (Å²) < 4.78 is 19.5. The predicted molar refractivity (Wildman–Crippen MR) is 104 cm³/mol. The monoisotopic (exact) mass is 418 g/mol. The van der Waals surface area contributed by atoms with Crippen molar-refractivity contribution < 1.29 is 13.7 Å². The Morgan fingerprint density at radius 3 is 2.93 bits per heavy atom. The molecule has 0 atom stereocenters. The Kier molecular flexibility index (Phi) is 5.28. The van der Waals surface area contributed by atoms with Crippen LogP contribution < -0.4 is 5.32 Å². The van der Waals surface area contributed by atoms with Gasteiger partial charge in [0.15, 0.2) is 15.8 Å². The SMILES string of the molecule is O=C(Nc1nnc(SCc2ccccc2F)s1)c1cc(-c2cccs2)on1. The standard InChI is InChI=1S/C17H11FN4O2S3/c18-11-5-2-1-4-10(11)9-26-17-21-20-16(27-17)19-15(23)12-8-13(24-22-12)14-6-3-7-25-14/h1-8H,9H2,(H,19,20,23). The summed E-state index contributed by atoms with van der Waals surface area (Å²) in [5.41, 5.74) is 0.751. The number of nitrogens with zero attached hydrogens (tertiary/aromatic N) is 3. The van der Waals surface area contributed by atoms with Crippen molar-refractivity contribution in [3.63, 3.8) is 0 Å². The highest BCUT2D eigenvalue weighted by molar-refractivity contribution is 8.00. The van der Waals surface area contributed by atoms with Crippen molar-refractivity contribution in [3.05, 3.63) is 64.9 Å². The summed E-state index contributed by atoms with van der Waals surface area (Å²) in [6.45, 7) is 0. The van der Waals surface area contributed by atoms with Crippen LogP contribution in [0.15, 0.2) is 56.7 Å². The number of thioether (sulfide) groups is 1. The van der Waals surface area contributed by atoms with Gasteiger partial charge in [0.05, 0.1) is 4.88 Å². The lowest BCUT2D eigenvalue weighted by Gasteiger charge is -1.99. The third kappa shape index (κ3) is 4.24. The van der Waals surface area contributed by atoms with Gasteiger partial charge in [-0.2, -0.15) is 0 Å². The second kappa shape index (κ2) is 7.99. The number of nitrogens with one attached hydrogen (secondary N) is 1. The molecule has 0 aliphatic heterocycles. The minimum atomic E-state index is -0.427. The number of amides is 1. The Hall–Kier alpha value is -2.56. The summed E-state index contributed by atoms with van der Waals surface area (Å²) in [5.74, 6) is 0.287.